The molecule has 2 aromatic rings. The first-order chi connectivity index (χ1) is 17.3. The van der Waals surface area contributed by atoms with Gasteiger partial charge in [0.1, 0.15) is 17.4 Å². The summed E-state index contributed by atoms with van der Waals surface area (Å²) >= 11 is 0. The Morgan fingerprint density at radius 1 is 1.27 bits per heavy atom. The van der Waals surface area contributed by atoms with Gasteiger partial charge in [-0.05, 0) is 81.1 Å². The van der Waals surface area contributed by atoms with E-state index in [-0.39, 0.29) is 29.7 Å². The molecule has 2 heterocycles. The fourth-order valence-electron chi connectivity index (χ4n) is 6.33. The summed E-state index contributed by atoms with van der Waals surface area (Å²) in [6, 6.07) is 5.62. The van der Waals surface area contributed by atoms with E-state index in [9.17, 15) is 24.6 Å². The monoisotopic (exact) mass is 510 g/mol. The van der Waals surface area contributed by atoms with Crippen LogP contribution in [0.4, 0.5) is 0 Å². The number of aromatic nitrogens is 1. The third-order valence-electron chi connectivity index (χ3n) is 8.56. The van der Waals surface area contributed by atoms with Crippen LogP contribution in [0.2, 0.25) is 0 Å². The topological polar surface area (TPSA) is 149 Å². The van der Waals surface area contributed by atoms with Crippen LogP contribution >= 0.6 is 0 Å². The minimum absolute atomic E-state index is 0.116. The van der Waals surface area contributed by atoms with Crippen LogP contribution in [-0.2, 0) is 23.1 Å². The first-order valence-electron chi connectivity index (χ1n) is 12.9. The quantitative estimate of drug-likeness (QED) is 0.398. The maximum atomic E-state index is 13.1. The molecule has 9 heteroatoms. The highest BCUT2D eigenvalue weighted by Gasteiger charge is 2.60. The molecule has 1 aliphatic heterocycles. The molecule has 1 aromatic carbocycles. The normalized spacial score (nSPS) is 26.3. The fraction of sp³-hybridized carbons (Fsp3) is 0.536. The summed E-state index contributed by atoms with van der Waals surface area (Å²) in [7, 11) is 1.97. The molecule has 1 saturated heterocycles. The van der Waals surface area contributed by atoms with Gasteiger partial charge in [-0.2, -0.15) is 0 Å². The number of likely N-dealkylation sites (N-methyl/N-ethyl adjacent to an activating group) is 1. The molecule has 0 bridgehead atoms. The van der Waals surface area contributed by atoms with Crippen molar-refractivity contribution in [3.63, 3.8) is 0 Å². The molecule has 1 aliphatic carbocycles. The predicted octanol–water partition coefficient (Wildman–Crippen LogP) is 1.51. The molecule has 4 unspecified atom stereocenters. The van der Waals surface area contributed by atoms with Crippen LogP contribution in [0.3, 0.4) is 0 Å². The minimum Gasteiger partial charge on any atom is -0.508 e. The molecular weight excluding hydrogens is 472 g/mol. The number of nitrogens with zero attached hydrogens (tertiary/aromatic N) is 1. The number of H-pyrrole nitrogens is 1. The number of hydrogen-bond acceptors (Lipinski definition) is 6. The number of pyridine rings is 1. The number of rotatable bonds is 6. The van der Waals surface area contributed by atoms with Crippen molar-refractivity contribution in [2.75, 3.05) is 13.6 Å². The summed E-state index contributed by atoms with van der Waals surface area (Å²) in [5.74, 6) is -1.08. The fourth-order valence-corrected chi connectivity index (χ4v) is 6.33. The van der Waals surface area contributed by atoms with Crippen LogP contribution in [0.1, 0.15) is 66.4 Å². The third kappa shape index (κ3) is 4.55. The number of amides is 2. The van der Waals surface area contributed by atoms with Gasteiger partial charge in [0, 0.05) is 30.0 Å². The van der Waals surface area contributed by atoms with Gasteiger partial charge in [-0.25, -0.2) is 0 Å². The lowest BCUT2D eigenvalue weighted by Gasteiger charge is -2.59. The molecule has 200 valence electrons. The molecule has 0 saturated carbocycles. The second-order valence-corrected chi connectivity index (χ2v) is 11.3. The molecule has 2 amide bonds. The van der Waals surface area contributed by atoms with Crippen molar-refractivity contribution >= 4 is 11.8 Å². The maximum Gasteiger partial charge on any atom is 0.261 e. The summed E-state index contributed by atoms with van der Waals surface area (Å²) in [5, 5.41) is 25.4. The molecule has 9 nitrogen and oxygen atoms in total. The SMILES string of the molecule is Cc1ccc(O)cc1C12CCN(C)C(C)C1(O)Cc1cc(C(=O)NC(CC(C)C)C(N)=O)c(=O)[nH]c1C2. The number of phenols is 1. The van der Waals surface area contributed by atoms with Crippen molar-refractivity contribution in [1.82, 2.24) is 15.2 Å². The Morgan fingerprint density at radius 2 is 1.97 bits per heavy atom. The number of aromatic amines is 1. The smallest absolute Gasteiger partial charge is 0.261 e. The van der Waals surface area contributed by atoms with Gasteiger partial charge >= 0.3 is 0 Å². The molecule has 2 aliphatic rings. The predicted molar refractivity (Wildman–Crippen MR) is 141 cm³/mol. The number of piperidine rings is 1. The number of aliphatic hydroxyl groups is 1. The van der Waals surface area contributed by atoms with Crippen LogP contribution in [0.15, 0.2) is 29.1 Å². The van der Waals surface area contributed by atoms with Crippen LogP contribution in [0, 0.1) is 12.8 Å². The van der Waals surface area contributed by atoms with Gasteiger partial charge in [-0.3, -0.25) is 14.4 Å². The number of aryl methyl sites for hydroxylation is 1. The number of hydrogen-bond donors (Lipinski definition) is 5. The number of likely N-dealkylation sites (tertiary alicyclic amines) is 1. The zero-order chi connectivity index (χ0) is 27.3. The van der Waals surface area contributed by atoms with Gasteiger partial charge in [-0.15, -0.1) is 0 Å². The molecule has 4 rings (SSSR count). The Hall–Kier alpha value is -3.17. The van der Waals surface area contributed by atoms with E-state index >= 15 is 0 Å². The number of carbonyl (C=O) groups excluding carboxylic acids is 2. The average molecular weight is 511 g/mol. The Labute approximate surface area is 217 Å². The lowest BCUT2D eigenvalue weighted by Crippen LogP contribution is -2.70. The van der Waals surface area contributed by atoms with Crippen LogP contribution in [0.25, 0.3) is 0 Å². The van der Waals surface area contributed by atoms with E-state index in [1.54, 1.807) is 12.1 Å². The third-order valence-corrected chi connectivity index (χ3v) is 8.56. The van der Waals surface area contributed by atoms with E-state index in [1.807, 2.05) is 40.8 Å². The minimum atomic E-state index is -1.23. The number of phenolic OH excluding ortho intramolecular Hbond substituents is 1. The number of primary amides is 1. The average Bonchev–Trinajstić information content (AvgIpc) is 2.82. The van der Waals surface area contributed by atoms with Gasteiger partial charge < -0.3 is 31.1 Å². The lowest BCUT2D eigenvalue weighted by molar-refractivity contribution is -0.132. The first-order valence-corrected chi connectivity index (χ1v) is 12.9. The Bertz CT molecular complexity index is 1290. The Kier molecular flexibility index (Phi) is 6.98. The Morgan fingerprint density at radius 3 is 2.62 bits per heavy atom. The van der Waals surface area contributed by atoms with Gasteiger partial charge in [0.15, 0.2) is 0 Å². The van der Waals surface area contributed by atoms with Crippen molar-refractivity contribution in [3.05, 3.63) is 62.6 Å². The highest BCUT2D eigenvalue weighted by Crippen LogP contribution is 2.53. The van der Waals surface area contributed by atoms with Gasteiger partial charge in [0.25, 0.3) is 11.5 Å². The largest absolute Gasteiger partial charge is 0.508 e. The highest BCUT2D eigenvalue weighted by molar-refractivity contribution is 5.97. The van der Waals surface area contributed by atoms with Crippen LogP contribution < -0.4 is 16.6 Å². The van der Waals surface area contributed by atoms with E-state index in [2.05, 4.69) is 15.2 Å². The van der Waals surface area contributed by atoms with Crippen LogP contribution in [-0.4, -0.2) is 63.2 Å². The number of nitrogens with two attached hydrogens (primary N) is 1. The molecule has 4 atom stereocenters. The highest BCUT2D eigenvalue weighted by atomic mass is 16.3. The first kappa shape index (κ1) is 26.9. The van der Waals surface area contributed by atoms with E-state index in [4.69, 9.17) is 5.73 Å². The van der Waals surface area contributed by atoms with Gasteiger partial charge in [0.2, 0.25) is 5.91 Å². The summed E-state index contributed by atoms with van der Waals surface area (Å²) in [6.07, 6.45) is 1.56. The Balaban J connectivity index is 1.80. The summed E-state index contributed by atoms with van der Waals surface area (Å²) in [6.45, 7) is 8.52. The molecular formula is C28H38N4O5. The second-order valence-electron chi connectivity index (χ2n) is 11.3. The van der Waals surface area contributed by atoms with Gasteiger partial charge in [-0.1, -0.05) is 19.9 Å². The standard InChI is InChI=1S/C28H38N4O5/c1-15(2)10-22(24(29)34)30-25(35)20-11-18-13-28(37)17(4)32(5)9-8-27(28,14-23(18)31-26(20)36)21-12-19(33)7-6-16(21)3/h6-7,11-12,15,17,22,33,37H,8-10,13-14H2,1-5H3,(H2,29,34)(H,30,35)(H,31,36). The van der Waals surface area contributed by atoms with Crippen molar-refractivity contribution in [1.29, 1.82) is 0 Å². The van der Waals surface area contributed by atoms with Crippen molar-refractivity contribution in [2.24, 2.45) is 11.7 Å². The van der Waals surface area contributed by atoms with E-state index < -0.39 is 34.4 Å². The second kappa shape index (κ2) is 9.61. The van der Waals surface area contributed by atoms with Crippen LogP contribution in [0.5, 0.6) is 5.75 Å². The number of aromatic hydroxyl groups is 1. The molecule has 1 fully saturated rings. The van der Waals surface area contributed by atoms with E-state index in [1.165, 1.54) is 6.07 Å². The van der Waals surface area contributed by atoms with E-state index in [0.29, 0.717) is 30.5 Å². The number of carbonyl (C=O) groups is 2. The number of nitrogens with one attached hydrogen (secondary N) is 2. The van der Waals surface area contributed by atoms with Gasteiger partial charge in [0.05, 0.1) is 5.60 Å². The van der Waals surface area contributed by atoms with Crippen molar-refractivity contribution in [2.45, 2.75) is 76.5 Å². The maximum absolute atomic E-state index is 13.1. The van der Waals surface area contributed by atoms with Crippen molar-refractivity contribution in [3.8, 4) is 5.75 Å². The van der Waals surface area contributed by atoms with E-state index in [0.717, 1.165) is 17.7 Å². The summed E-state index contributed by atoms with van der Waals surface area (Å²) in [5.41, 5.74) is 6.00. The number of fused-ring (bicyclic) bond motifs is 2. The summed E-state index contributed by atoms with van der Waals surface area (Å²) in [4.78, 5) is 43.0. The molecule has 0 spiro atoms. The summed E-state index contributed by atoms with van der Waals surface area (Å²) < 4.78 is 0. The number of benzene rings is 1. The molecule has 37 heavy (non-hydrogen) atoms. The molecule has 0 radical (unpaired) electrons. The zero-order valence-electron chi connectivity index (χ0n) is 22.2. The molecule has 1 aromatic heterocycles. The lowest BCUT2D eigenvalue weighted by atomic mass is 9.53. The van der Waals surface area contributed by atoms with Crippen molar-refractivity contribution < 1.29 is 19.8 Å². The zero-order valence-corrected chi connectivity index (χ0v) is 22.2. The molecule has 6 N–H and O–H groups in total.